The monoisotopic (exact) mass is 909 g/mol. The van der Waals surface area contributed by atoms with Crippen molar-refractivity contribution in [2.75, 3.05) is 0 Å². The third-order valence-electron chi connectivity index (χ3n) is 12.9. The molecule has 0 fully saturated rings. The van der Waals surface area contributed by atoms with Gasteiger partial charge in [0.05, 0.1) is 0 Å². The van der Waals surface area contributed by atoms with Crippen LogP contribution in [0.15, 0.2) is 59.9 Å². The number of ether oxygens (including phenoxy) is 2. The molecule has 7 heteroatoms. The minimum absolute atomic E-state index is 0. The number of benzene rings is 3. The van der Waals surface area contributed by atoms with E-state index in [0.29, 0.717) is 17.5 Å². The van der Waals surface area contributed by atoms with Crippen LogP contribution >= 0.6 is 0 Å². The Hall–Kier alpha value is -4.28. The maximum atomic E-state index is 7.07. The molecule has 5 heterocycles. The molecule has 0 spiro atoms. The first kappa shape index (κ1) is 37.6. The molecule has 0 saturated heterocycles. The van der Waals surface area contributed by atoms with E-state index in [9.17, 15) is 0 Å². The van der Waals surface area contributed by atoms with Gasteiger partial charge in [0, 0.05) is 40.3 Å². The van der Waals surface area contributed by atoms with Gasteiger partial charge in [0.15, 0.2) is 5.88 Å². The summed E-state index contributed by atoms with van der Waals surface area (Å²) in [7, 11) is 0. The fourth-order valence-corrected chi connectivity index (χ4v) is 9.49. The van der Waals surface area contributed by atoms with Crippen molar-refractivity contribution in [3.63, 3.8) is 0 Å². The summed E-state index contributed by atoms with van der Waals surface area (Å²) in [6.07, 6.45) is 4.51. The van der Waals surface area contributed by atoms with Gasteiger partial charge in [0.25, 0.3) is 0 Å². The molecule has 55 heavy (non-hydrogen) atoms. The van der Waals surface area contributed by atoms with Gasteiger partial charge in [-0.25, -0.2) is 9.97 Å². The smallest absolute Gasteiger partial charge is 0.525 e. The molecule has 6 nitrogen and oxygen atoms in total. The van der Waals surface area contributed by atoms with Gasteiger partial charge in [-0.1, -0.05) is 92.1 Å². The van der Waals surface area contributed by atoms with Crippen LogP contribution in [-0.2, 0) is 48.6 Å². The number of fused-ring (bicyclic) bond motifs is 8. The van der Waals surface area contributed by atoms with Crippen molar-refractivity contribution in [2.24, 2.45) is 10.4 Å². The minimum Gasteiger partial charge on any atom is -0.525 e. The van der Waals surface area contributed by atoms with E-state index in [0.717, 1.165) is 39.8 Å². The van der Waals surface area contributed by atoms with Crippen molar-refractivity contribution in [3.8, 4) is 17.4 Å². The molecule has 284 valence electrons. The molecule has 3 aliphatic rings. The summed E-state index contributed by atoms with van der Waals surface area (Å²) in [5.74, 6) is 2.46. The zero-order chi connectivity index (χ0) is 38.5. The van der Waals surface area contributed by atoms with Gasteiger partial charge in [-0.2, -0.15) is 6.07 Å². The molecule has 9 rings (SSSR count). The van der Waals surface area contributed by atoms with Gasteiger partial charge in [-0.3, -0.25) is 4.99 Å². The molecule has 0 unspecified atom stereocenters. The zero-order valence-electron chi connectivity index (χ0n) is 34.3. The van der Waals surface area contributed by atoms with Crippen molar-refractivity contribution < 1.29 is 30.5 Å². The molecule has 0 radical (unpaired) electrons. The van der Waals surface area contributed by atoms with Crippen LogP contribution in [-0.4, -0.2) is 26.0 Å². The number of pyridine rings is 2. The Morgan fingerprint density at radius 1 is 0.800 bits per heavy atom. The molecule has 6 aromatic rings. The van der Waals surface area contributed by atoms with E-state index < -0.39 is 11.1 Å². The second kappa shape index (κ2) is 11.9. The molecule has 0 saturated carbocycles. The van der Waals surface area contributed by atoms with Crippen molar-refractivity contribution in [1.82, 2.24) is 14.5 Å². The van der Waals surface area contributed by atoms with E-state index in [2.05, 4.69) is 148 Å². The predicted octanol–water partition coefficient (Wildman–Crippen LogP) is 11.2. The standard InChI is InChI=1S/C48H50N4O2.Pt/c1-26-16-37-42(50-25-26)52-38-23-39(29(4)18-33(38)34-21-32(44(5,6)7)22-36(41(34)52)46(37,11)12)53-40-20-30(14-15-49-40)43-51-47(13)35-19-28(3)27(2)17-31(35)24-48(47,54-43)45(8,9)10;/h14-19,21-22,25H,24H2,1-13H3;/q-2;+2/t47-,48-;/m1./s1. The predicted molar refractivity (Wildman–Crippen MR) is 218 cm³/mol. The fourth-order valence-electron chi connectivity index (χ4n) is 9.49. The van der Waals surface area contributed by atoms with Gasteiger partial charge in [-0.05, 0) is 89.7 Å². The topological polar surface area (TPSA) is 61.5 Å². The maximum absolute atomic E-state index is 7.07. The van der Waals surface area contributed by atoms with E-state index >= 15 is 0 Å². The molecule has 0 N–H and O–H groups in total. The van der Waals surface area contributed by atoms with Crippen molar-refractivity contribution in [3.05, 3.63) is 123 Å². The number of hydrogen-bond acceptors (Lipinski definition) is 5. The normalized spacial score (nSPS) is 20.8. The first-order chi connectivity index (χ1) is 25.2. The first-order valence-corrected chi connectivity index (χ1v) is 19.2. The average Bonchev–Trinajstić information content (AvgIpc) is 3.65. The summed E-state index contributed by atoms with van der Waals surface area (Å²) in [6, 6.07) is 23.0. The third kappa shape index (κ3) is 5.19. The average molecular weight is 910 g/mol. The number of aryl methyl sites for hydroxylation is 4. The van der Waals surface area contributed by atoms with Crippen molar-refractivity contribution in [1.29, 1.82) is 0 Å². The first-order valence-electron chi connectivity index (χ1n) is 19.2. The second-order valence-electron chi connectivity index (χ2n) is 18.9. The van der Waals surface area contributed by atoms with E-state index in [1.807, 2.05) is 12.3 Å². The van der Waals surface area contributed by atoms with Gasteiger partial charge < -0.3 is 14.0 Å². The number of aliphatic imine (C=N–C) groups is 1. The Bertz CT molecular complexity index is 2650. The quantitative estimate of drug-likeness (QED) is 0.166. The number of rotatable bonds is 3. The van der Waals surface area contributed by atoms with Crippen LogP contribution in [0.2, 0.25) is 0 Å². The van der Waals surface area contributed by atoms with Crippen LogP contribution in [0.3, 0.4) is 0 Å². The van der Waals surface area contributed by atoms with Crippen molar-refractivity contribution in [2.45, 2.75) is 118 Å². The molecule has 0 amide bonds. The summed E-state index contributed by atoms with van der Waals surface area (Å²) < 4.78 is 16.0. The van der Waals surface area contributed by atoms with Crippen LogP contribution < -0.4 is 4.74 Å². The molecule has 0 bridgehead atoms. The van der Waals surface area contributed by atoms with Crippen LogP contribution in [0.1, 0.15) is 118 Å². The largest absolute Gasteiger partial charge is 2.00 e. The summed E-state index contributed by atoms with van der Waals surface area (Å²) in [5, 5.41) is 2.34. The minimum atomic E-state index is -0.552. The molecule has 2 atom stereocenters. The number of aromatic nitrogens is 3. The summed E-state index contributed by atoms with van der Waals surface area (Å²) in [6.45, 7) is 29.1. The molecular weight excluding hydrogens is 860 g/mol. The molecule has 3 aromatic carbocycles. The van der Waals surface area contributed by atoms with E-state index in [1.54, 1.807) is 6.20 Å². The molecule has 2 aliphatic heterocycles. The van der Waals surface area contributed by atoms with E-state index in [4.69, 9.17) is 19.5 Å². The Morgan fingerprint density at radius 3 is 2.24 bits per heavy atom. The SMILES string of the molecule is Cc1cnc2c(c1)C(C)(C)c1cc(C(C)(C)C)cc3c4cc(C)c(Oc5[c-]c(C6=N[C@]7(C)c8cc(C)c(C)cc8C[C@]7(C(C)(C)C)O6)ccn5)[c-]c4n-2c13.[Pt+2]. The van der Waals surface area contributed by atoms with Crippen molar-refractivity contribution >= 4 is 27.7 Å². The Labute approximate surface area is 340 Å². The molecular formula is C48H50N4O2Pt. The second-order valence-corrected chi connectivity index (χ2v) is 18.9. The third-order valence-corrected chi connectivity index (χ3v) is 12.9. The summed E-state index contributed by atoms with van der Waals surface area (Å²) >= 11 is 0. The van der Waals surface area contributed by atoms with E-state index in [1.165, 1.54) is 49.8 Å². The van der Waals surface area contributed by atoms with Crippen LogP contribution in [0.25, 0.3) is 27.6 Å². The maximum Gasteiger partial charge on any atom is 2.00 e. The Balaban J connectivity index is 0.00000427. The Morgan fingerprint density at radius 2 is 1.53 bits per heavy atom. The van der Waals surface area contributed by atoms with Gasteiger partial charge in [-0.15, -0.1) is 34.7 Å². The molecule has 1 aliphatic carbocycles. The van der Waals surface area contributed by atoms with E-state index in [-0.39, 0.29) is 37.3 Å². The van der Waals surface area contributed by atoms with Gasteiger partial charge >= 0.3 is 21.1 Å². The zero-order valence-corrected chi connectivity index (χ0v) is 36.6. The molecule has 3 aromatic heterocycles. The van der Waals surface area contributed by atoms with Crippen LogP contribution in [0.5, 0.6) is 11.6 Å². The summed E-state index contributed by atoms with van der Waals surface area (Å²) in [5.41, 5.74) is 12.3. The Kier molecular flexibility index (Phi) is 8.12. The fraction of sp³-hybridized carbons (Fsp3) is 0.396. The van der Waals surface area contributed by atoms with Gasteiger partial charge in [0.1, 0.15) is 22.9 Å². The van der Waals surface area contributed by atoms with Crippen LogP contribution in [0, 0.1) is 45.2 Å². The number of nitrogens with zero attached hydrogens (tertiary/aromatic N) is 4. The summed E-state index contributed by atoms with van der Waals surface area (Å²) in [4.78, 5) is 15.1. The number of hydrogen-bond donors (Lipinski definition) is 0. The van der Waals surface area contributed by atoms with Crippen LogP contribution in [0.4, 0.5) is 0 Å². The van der Waals surface area contributed by atoms with Gasteiger partial charge in [0.2, 0.25) is 0 Å².